The molecule has 1 aromatic carbocycles. The normalized spacial score (nSPS) is 34.6. The molecular formula is C23H32ClN3O3S. The van der Waals surface area contributed by atoms with Gasteiger partial charge in [-0.2, -0.15) is 4.31 Å². The molecule has 6 rings (SSSR count). The van der Waals surface area contributed by atoms with Crippen LogP contribution in [-0.4, -0.2) is 61.3 Å². The Morgan fingerprint density at radius 3 is 2.19 bits per heavy atom. The van der Waals surface area contributed by atoms with Gasteiger partial charge in [0.05, 0.1) is 10.9 Å². The van der Waals surface area contributed by atoms with Gasteiger partial charge in [-0.15, -0.1) is 0 Å². The van der Waals surface area contributed by atoms with Crippen LogP contribution in [0.5, 0.6) is 0 Å². The Hall–Kier alpha value is -1.15. The largest absolute Gasteiger partial charge is 0.349 e. The summed E-state index contributed by atoms with van der Waals surface area (Å²) in [5, 5.41) is 3.88. The third-order valence-electron chi connectivity index (χ3n) is 8.06. The van der Waals surface area contributed by atoms with Crippen molar-refractivity contribution in [1.82, 2.24) is 14.5 Å². The van der Waals surface area contributed by atoms with Crippen LogP contribution >= 0.6 is 11.6 Å². The maximum absolute atomic E-state index is 13.2. The van der Waals surface area contributed by atoms with E-state index in [0.717, 1.165) is 37.0 Å². The summed E-state index contributed by atoms with van der Waals surface area (Å²) in [4.78, 5) is 15.5. The maximum atomic E-state index is 13.2. The van der Waals surface area contributed by atoms with E-state index in [4.69, 9.17) is 11.6 Å². The molecule has 6 nitrogen and oxygen atoms in total. The van der Waals surface area contributed by atoms with E-state index >= 15 is 0 Å². The number of sulfonamides is 1. The predicted octanol–water partition coefficient (Wildman–Crippen LogP) is 3.12. The Balaban J connectivity index is 1.19. The molecule has 1 N–H and O–H groups in total. The van der Waals surface area contributed by atoms with Crippen molar-refractivity contribution < 1.29 is 13.2 Å². The molecular weight excluding hydrogens is 434 g/mol. The van der Waals surface area contributed by atoms with Crippen molar-refractivity contribution in [2.45, 2.75) is 61.9 Å². The molecule has 0 aromatic heterocycles. The van der Waals surface area contributed by atoms with Crippen LogP contribution < -0.4 is 5.32 Å². The smallest absolute Gasteiger partial charge is 0.243 e. The first kappa shape index (κ1) is 21.7. The third-order valence-corrected chi connectivity index (χ3v) is 10.2. The highest BCUT2D eigenvalue weighted by molar-refractivity contribution is 7.89. The second-order valence-electron chi connectivity index (χ2n) is 10.3. The molecule has 4 bridgehead atoms. The molecule has 0 spiro atoms. The lowest BCUT2D eigenvalue weighted by Gasteiger charge is -2.57. The molecule has 1 heterocycles. The number of nitrogens with zero attached hydrogens (tertiary/aromatic N) is 2. The summed E-state index contributed by atoms with van der Waals surface area (Å²) in [6.07, 6.45) is 7.49. The van der Waals surface area contributed by atoms with E-state index in [1.807, 2.05) is 6.92 Å². The number of nitrogens with one attached hydrogen (secondary N) is 1. The Labute approximate surface area is 190 Å². The third kappa shape index (κ3) is 4.14. The van der Waals surface area contributed by atoms with E-state index in [-0.39, 0.29) is 22.4 Å². The lowest BCUT2D eigenvalue weighted by atomic mass is 9.53. The van der Waals surface area contributed by atoms with E-state index in [1.165, 1.54) is 29.6 Å². The van der Waals surface area contributed by atoms with Gasteiger partial charge in [0.1, 0.15) is 0 Å². The number of benzene rings is 1. The van der Waals surface area contributed by atoms with Gasteiger partial charge in [0, 0.05) is 36.7 Å². The van der Waals surface area contributed by atoms with Crippen LogP contribution in [0, 0.1) is 17.8 Å². The predicted molar refractivity (Wildman–Crippen MR) is 120 cm³/mol. The van der Waals surface area contributed by atoms with Crippen LogP contribution in [0.15, 0.2) is 29.2 Å². The maximum Gasteiger partial charge on any atom is 0.243 e. The van der Waals surface area contributed by atoms with Crippen molar-refractivity contribution in [1.29, 1.82) is 0 Å². The molecule has 5 aliphatic rings. The van der Waals surface area contributed by atoms with Gasteiger partial charge >= 0.3 is 0 Å². The van der Waals surface area contributed by atoms with Crippen molar-refractivity contribution >= 4 is 27.5 Å². The standard InChI is InChI=1S/C23H32ClN3O3S/c1-16(22(28)25-23-13-17-9-18(14-23)11-19(10-17)15-23)26-5-7-27(8-6-26)31(29,30)21-4-2-3-20(24)12-21/h2-4,12,16-19H,5-11,13-15H2,1H3,(H,25,28). The van der Waals surface area contributed by atoms with Gasteiger partial charge in [-0.3, -0.25) is 9.69 Å². The van der Waals surface area contributed by atoms with Crippen molar-refractivity contribution in [3.63, 3.8) is 0 Å². The molecule has 31 heavy (non-hydrogen) atoms. The van der Waals surface area contributed by atoms with Gasteiger partial charge in [0.2, 0.25) is 15.9 Å². The number of carbonyl (C=O) groups is 1. The van der Waals surface area contributed by atoms with E-state index in [9.17, 15) is 13.2 Å². The molecule has 5 fully saturated rings. The summed E-state index contributed by atoms with van der Waals surface area (Å²) in [6, 6.07) is 6.15. The Morgan fingerprint density at radius 1 is 1.06 bits per heavy atom. The fourth-order valence-electron chi connectivity index (χ4n) is 6.90. The van der Waals surface area contributed by atoms with Crippen LogP contribution in [0.4, 0.5) is 0 Å². The quantitative estimate of drug-likeness (QED) is 0.725. The number of piperazine rings is 1. The zero-order valence-corrected chi connectivity index (χ0v) is 19.7. The first-order chi connectivity index (χ1) is 14.7. The van der Waals surface area contributed by atoms with E-state index in [2.05, 4.69) is 10.2 Å². The average molecular weight is 466 g/mol. The highest BCUT2D eigenvalue weighted by Gasteiger charge is 2.52. The van der Waals surface area contributed by atoms with Gasteiger partial charge < -0.3 is 5.32 Å². The Bertz CT molecular complexity index is 923. The highest BCUT2D eigenvalue weighted by atomic mass is 35.5. The number of hydrogen-bond acceptors (Lipinski definition) is 4. The van der Waals surface area contributed by atoms with E-state index in [1.54, 1.807) is 18.2 Å². The first-order valence-corrected chi connectivity index (χ1v) is 13.4. The molecule has 0 radical (unpaired) electrons. The van der Waals surface area contributed by atoms with Crippen LogP contribution in [0.2, 0.25) is 5.02 Å². The molecule has 1 aliphatic heterocycles. The minimum absolute atomic E-state index is 0.0117. The summed E-state index contributed by atoms with van der Waals surface area (Å²) >= 11 is 5.98. The monoisotopic (exact) mass is 465 g/mol. The SMILES string of the molecule is CC(C(=O)NC12CC3CC(CC(C3)C1)C2)N1CCN(S(=O)(=O)c2cccc(Cl)c2)CC1. The van der Waals surface area contributed by atoms with Crippen molar-refractivity contribution in [2.24, 2.45) is 17.8 Å². The van der Waals surface area contributed by atoms with Crippen molar-refractivity contribution in [3.05, 3.63) is 29.3 Å². The molecule has 1 atom stereocenters. The molecule has 1 aromatic rings. The lowest BCUT2D eigenvalue weighted by molar-refractivity contribution is -0.132. The van der Waals surface area contributed by atoms with Crippen LogP contribution in [-0.2, 0) is 14.8 Å². The number of hydrogen-bond donors (Lipinski definition) is 1. The molecule has 1 unspecified atom stereocenters. The number of halogens is 1. The molecule has 1 amide bonds. The highest BCUT2D eigenvalue weighted by Crippen LogP contribution is 2.55. The van der Waals surface area contributed by atoms with Crippen LogP contribution in [0.25, 0.3) is 0 Å². The van der Waals surface area contributed by atoms with Gasteiger partial charge in [-0.1, -0.05) is 17.7 Å². The number of carbonyl (C=O) groups excluding carboxylic acids is 1. The summed E-state index contributed by atoms with van der Waals surface area (Å²) in [5.41, 5.74) is 0.0117. The fourth-order valence-corrected chi connectivity index (χ4v) is 8.63. The zero-order chi connectivity index (χ0) is 21.8. The van der Waals surface area contributed by atoms with Gasteiger partial charge in [0.15, 0.2) is 0 Å². The zero-order valence-electron chi connectivity index (χ0n) is 18.1. The van der Waals surface area contributed by atoms with E-state index < -0.39 is 10.0 Å². The topological polar surface area (TPSA) is 69.7 Å². The van der Waals surface area contributed by atoms with E-state index in [0.29, 0.717) is 31.2 Å². The number of amides is 1. The molecule has 1 saturated heterocycles. The summed E-state index contributed by atoms with van der Waals surface area (Å²) in [6.45, 7) is 3.81. The second kappa shape index (κ2) is 8.01. The van der Waals surface area contributed by atoms with Gasteiger partial charge in [-0.25, -0.2) is 8.42 Å². The lowest BCUT2D eigenvalue weighted by Crippen LogP contribution is -2.63. The van der Waals surface area contributed by atoms with Crippen LogP contribution in [0.3, 0.4) is 0 Å². The molecule has 4 aliphatic carbocycles. The molecule has 4 saturated carbocycles. The molecule has 170 valence electrons. The van der Waals surface area contributed by atoms with Crippen molar-refractivity contribution in [2.75, 3.05) is 26.2 Å². The average Bonchev–Trinajstić information content (AvgIpc) is 2.72. The number of rotatable bonds is 5. The first-order valence-electron chi connectivity index (χ1n) is 11.6. The summed E-state index contributed by atoms with van der Waals surface area (Å²) in [7, 11) is -3.57. The minimum Gasteiger partial charge on any atom is -0.349 e. The summed E-state index contributed by atoms with van der Waals surface area (Å²) in [5.74, 6) is 2.49. The summed E-state index contributed by atoms with van der Waals surface area (Å²) < 4.78 is 27.4. The molecule has 8 heteroatoms. The minimum atomic E-state index is -3.57. The van der Waals surface area contributed by atoms with Crippen LogP contribution in [0.1, 0.15) is 45.4 Å². The Morgan fingerprint density at radius 2 is 1.65 bits per heavy atom. The van der Waals surface area contributed by atoms with Crippen molar-refractivity contribution in [3.8, 4) is 0 Å². The van der Waals surface area contributed by atoms with Gasteiger partial charge in [0.25, 0.3) is 0 Å². The Kier molecular flexibility index (Phi) is 5.60. The van der Waals surface area contributed by atoms with Gasteiger partial charge in [-0.05, 0) is 81.4 Å². The second-order valence-corrected chi connectivity index (χ2v) is 12.6. The fraction of sp³-hybridized carbons (Fsp3) is 0.696.